The Morgan fingerprint density at radius 2 is 1.83 bits per heavy atom. The second-order valence-electron chi connectivity index (χ2n) is 6.05. The van der Waals surface area contributed by atoms with E-state index in [0.29, 0.717) is 13.1 Å². The fourth-order valence-corrected chi connectivity index (χ4v) is 3.98. The molecule has 1 atom stereocenters. The first kappa shape index (κ1) is 17.9. The van der Waals surface area contributed by atoms with Crippen LogP contribution in [0.5, 0.6) is 0 Å². The highest BCUT2D eigenvalue weighted by Crippen LogP contribution is 2.19. The van der Waals surface area contributed by atoms with Crippen molar-refractivity contribution in [2.24, 2.45) is 0 Å². The molecule has 0 radical (unpaired) electrons. The average Bonchev–Trinajstić information content (AvgIpc) is 2.72. The minimum atomic E-state index is -3.63. The molecular weight excluding hydrogens is 319 g/mol. The lowest BCUT2D eigenvalue weighted by molar-refractivity contribution is -0.131. The molecule has 0 aromatic heterocycles. The van der Waals surface area contributed by atoms with E-state index in [9.17, 15) is 17.6 Å². The number of rotatable bonds is 4. The van der Waals surface area contributed by atoms with Gasteiger partial charge in [0.1, 0.15) is 5.82 Å². The Kier molecular flexibility index (Phi) is 5.75. The maximum atomic E-state index is 12.9. The van der Waals surface area contributed by atoms with Gasteiger partial charge in [0.2, 0.25) is 5.91 Å². The van der Waals surface area contributed by atoms with Crippen molar-refractivity contribution in [2.45, 2.75) is 29.9 Å². The molecule has 0 unspecified atom stereocenters. The Bertz CT molecular complexity index is 646. The van der Waals surface area contributed by atoms with Gasteiger partial charge in [-0.05, 0) is 51.2 Å². The third-order valence-electron chi connectivity index (χ3n) is 4.21. The maximum absolute atomic E-state index is 12.9. The third kappa shape index (κ3) is 4.51. The molecule has 128 valence electrons. The molecule has 5 nitrogen and oxygen atoms in total. The number of sulfone groups is 1. The van der Waals surface area contributed by atoms with Crippen molar-refractivity contribution in [3.63, 3.8) is 0 Å². The molecule has 0 N–H and O–H groups in total. The lowest BCUT2D eigenvalue weighted by Gasteiger charge is -2.22. The van der Waals surface area contributed by atoms with Gasteiger partial charge in [-0.15, -0.1) is 0 Å². The van der Waals surface area contributed by atoms with Crippen LogP contribution in [0.15, 0.2) is 29.2 Å². The summed E-state index contributed by atoms with van der Waals surface area (Å²) in [6.45, 7) is 4.55. The van der Waals surface area contributed by atoms with Crippen LogP contribution in [0.3, 0.4) is 0 Å². The van der Waals surface area contributed by atoms with Gasteiger partial charge < -0.3 is 9.80 Å². The van der Waals surface area contributed by atoms with Crippen molar-refractivity contribution in [1.29, 1.82) is 0 Å². The summed E-state index contributed by atoms with van der Waals surface area (Å²) >= 11 is 0. The van der Waals surface area contributed by atoms with Crippen LogP contribution in [0.25, 0.3) is 0 Å². The standard InChI is InChI=1S/C16H23FN2O3S/c1-13(23(21,22)15-6-4-14(17)5-7-15)12-16(20)19-9-3-8-18(2)10-11-19/h4-7,13H,3,8-12H2,1-2H3/t13-/m1/s1. The number of nitrogens with zero attached hydrogens (tertiary/aromatic N) is 2. The Morgan fingerprint density at radius 1 is 1.17 bits per heavy atom. The Hall–Kier alpha value is -1.47. The van der Waals surface area contributed by atoms with E-state index in [-0.39, 0.29) is 17.2 Å². The first-order valence-corrected chi connectivity index (χ1v) is 9.31. The summed E-state index contributed by atoms with van der Waals surface area (Å²) in [5.74, 6) is -0.625. The predicted molar refractivity (Wildman–Crippen MR) is 86.4 cm³/mol. The number of halogens is 1. The SMILES string of the molecule is C[C@H](CC(=O)N1CCCN(C)CC1)S(=O)(=O)c1ccc(F)cc1. The number of hydrogen-bond donors (Lipinski definition) is 0. The van der Waals surface area contributed by atoms with Gasteiger partial charge in [0, 0.05) is 26.1 Å². The zero-order valence-corrected chi connectivity index (χ0v) is 14.4. The van der Waals surface area contributed by atoms with Crippen LogP contribution in [0, 0.1) is 5.82 Å². The quantitative estimate of drug-likeness (QED) is 0.779. The lowest BCUT2D eigenvalue weighted by atomic mass is 10.3. The van der Waals surface area contributed by atoms with Crippen LogP contribution in [0.4, 0.5) is 4.39 Å². The van der Waals surface area contributed by atoms with Gasteiger partial charge >= 0.3 is 0 Å². The van der Waals surface area contributed by atoms with Crippen molar-refractivity contribution >= 4 is 15.7 Å². The van der Waals surface area contributed by atoms with E-state index in [1.165, 1.54) is 19.1 Å². The molecule has 1 aliphatic heterocycles. The molecule has 2 rings (SSSR count). The molecule has 0 bridgehead atoms. The molecule has 1 fully saturated rings. The Labute approximate surface area is 137 Å². The van der Waals surface area contributed by atoms with E-state index < -0.39 is 20.9 Å². The van der Waals surface area contributed by atoms with E-state index in [0.717, 1.165) is 31.6 Å². The highest BCUT2D eigenvalue weighted by atomic mass is 32.2. The van der Waals surface area contributed by atoms with Crippen LogP contribution < -0.4 is 0 Å². The molecule has 0 saturated carbocycles. The smallest absolute Gasteiger partial charge is 0.223 e. The Balaban J connectivity index is 2.03. The van der Waals surface area contributed by atoms with Crippen molar-refractivity contribution < 1.29 is 17.6 Å². The molecule has 1 saturated heterocycles. The minimum absolute atomic E-state index is 0.0507. The van der Waals surface area contributed by atoms with Gasteiger partial charge in [-0.1, -0.05) is 0 Å². The highest BCUT2D eigenvalue weighted by Gasteiger charge is 2.28. The van der Waals surface area contributed by atoms with Crippen LogP contribution in [-0.2, 0) is 14.6 Å². The van der Waals surface area contributed by atoms with Crippen molar-refractivity contribution in [2.75, 3.05) is 33.2 Å². The molecule has 0 aliphatic carbocycles. The van der Waals surface area contributed by atoms with Crippen LogP contribution in [0.1, 0.15) is 19.8 Å². The summed E-state index contributed by atoms with van der Waals surface area (Å²) in [5.41, 5.74) is 0. The van der Waals surface area contributed by atoms with Crippen LogP contribution >= 0.6 is 0 Å². The van der Waals surface area contributed by atoms with Crippen molar-refractivity contribution in [1.82, 2.24) is 9.80 Å². The zero-order valence-electron chi connectivity index (χ0n) is 13.5. The second-order valence-corrected chi connectivity index (χ2v) is 8.42. The molecule has 0 spiro atoms. The largest absolute Gasteiger partial charge is 0.341 e. The lowest BCUT2D eigenvalue weighted by Crippen LogP contribution is -2.37. The topological polar surface area (TPSA) is 57.7 Å². The van der Waals surface area contributed by atoms with E-state index in [4.69, 9.17) is 0 Å². The number of benzene rings is 1. The van der Waals surface area contributed by atoms with Crippen molar-refractivity contribution in [3.8, 4) is 0 Å². The predicted octanol–water partition coefficient (Wildman–Crippen LogP) is 1.54. The molecular formula is C16H23FN2O3S. The fourth-order valence-electron chi connectivity index (χ4n) is 2.64. The first-order valence-electron chi connectivity index (χ1n) is 7.76. The van der Waals surface area contributed by atoms with Crippen LogP contribution in [-0.4, -0.2) is 62.6 Å². The number of amides is 1. The van der Waals surface area contributed by atoms with Gasteiger partial charge in [0.25, 0.3) is 0 Å². The van der Waals surface area contributed by atoms with Gasteiger partial charge in [0.05, 0.1) is 10.1 Å². The minimum Gasteiger partial charge on any atom is -0.341 e. The molecule has 1 heterocycles. The molecule has 7 heteroatoms. The van der Waals surface area contributed by atoms with E-state index in [2.05, 4.69) is 4.90 Å². The summed E-state index contributed by atoms with van der Waals surface area (Å²) in [6.07, 6.45) is 0.838. The summed E-state index contributed by atoms with van der Waals surface area (Å²) < 4.78 is 37.9. The second kappa shape index (κ2) is 7.40. The van der Waals surface area contributed by atoms with E-state index >= 15 is 0 Å². The Morgan fingerprint density at radius 3 is 2.48 bits per heavy atom. The molecule has 1 aromatic carbocycles. The number of hydrogen-bond acceptors (Lipinski definition) is 4. The monoisotopic (exact) mass is 342 g/mol. The molecule has 1 amide bonds. The maximum Gasteiger partial charge on any atom is 0.223 e. The summed E-state index contributed by atoms with van der Waals surface area (Å²) in [7, 11) is -1.62. The number of likely N-dealkylation sites (N-methyl/N-ethyl adjacent to an activating group) is 1. The third-order valence-corrected chi connectivity index (χ3v) is 6.36. The van der Waals surface area contributed by atoms with E-state index in [1.54, 1.807) is 4.90 Å². The van der Waals surface area contributed by atoms with Gasteiger partial charge in [-0.2, -0.15) is 0 Å². The molecule has 1 aliphatic rings. The fraction of sp³-hybridized carbons (Fsp3) is 0.562. The summed E-state index contributed by atoms with van der Waals surface area (Å²) in [4.78, 5) is 16.3. The zero-order chi connectivity index (χ0) is 17.0. The summed E-state index contributed by atoms with van der Waals surface area (Å²) in [5, 5.41) is -0.832. The number of carbonyl (C=O) groups is 1. The normalized spacial score (nSPS) is 18.5. The van der Waals surface area contributed by atoms with E-state index in [1.807, 2.05) is 7.05 Å². The molecule has 1 aromatic rings. The summed E-state index contributed by atoms with van der Waals surface area (Å²) in [6, 6.07) is 4.72. The first-order chi connectivity index (χ1) is 10.8. The van der Waals surface area contributed by atoms with Crippen molar-refractivity contribution in [3.05, 3.63) is 30.1 Å². The number of carbonyl (C=O) groups excluding carboxylic acids is 1. The highest BCUT2D eigenvalue weighted by molar-refractivity contribution is 7.92. The van der Waals surface area contributed by atoms with Gasteiger partial charge in [0.15, 0.2) is 9.84 Å². The molecule has 23 heavy (non-hydrogen) atoms. The van der Waals surface area contributed by atoms with Crippen LogP contribution in [0.2, 0.25) is 0 Å². The van der Waals surface area contributed by atoms with Gasteiger partial charge in [-0.3, -0.25) is 4.79 Å². The average molecular weight is 342 g/mol. The van der Waals surface area contributed by atoms with Gasteiger partial charge in [-0.25, -0.2) is 12.8 Å².